The van der Waals surface area contributed by atoms with E-state index >= 15 is 0 Å². The fourth-order valence-electron chi connectivity index (χ4n) is 2.61. The van der Waals surface area contributed by atoms with Crippen LogP contribution in [-0.2, 0) is 10.0 Å². The molecule has 1 atom stereocenters. The highest BCUT2D eigenvalue weighted by molar-refractivity contribution is 7.89. The number of rotatable bonds is 5. The quantitative estimate of drug-likeness (QED) is 0.876. The lowest BCUT2D eigenvalue weighted by Gasteiger charge is -2.37. The van der Waals surface area contributed by atoms with Gasteiger partial charge in [-0.25, -0.2) is 13.1 Å². The fraction of sp³-hybridized carbons (Fsp3) is 0.571. The van der Waals surface area contributed by atoms with Crippen molar-refractivity contribution in [3.8, 4) is 0 Å². The molecule has 1 aromatic rings. The average Bonchev–Trinajstić information content (AvgIpc) is 2.35. The molecule has 0 saturated heterocycles. The Morgan fingerprint density at radius 3 is 2.65 bits per heavy atom. The first-order chi connectivity index (χ1) is 9.35. The highest BCUT2D eigenvalue weighted by Gasteiger charge is 2.35. The summed E-state index contributed by atoms with van der Waals surface area (Å²) in [6.45, 7) is 3.65. The van der Waals surface area contributed by atoms with Gasteiger partial charge >= 0.3 is 0 Å². The zero-order valence-corrected chi connectivity index (χ0v) is 13.2. The molecule has 1 aromatic carbocycles. The average molecular weight is 318 g/mol. The normalized spacial score (nSPS) is 24.2. The van der Waals surface area contributed by atoms with Gasteiger partial charge in [0.05, 0.1) is 11.0 Å². The van der Waals surface area contributed by atoms with Crippen LogP contribution in [0.4, 0.5) is 0 Å². The summed E-state index contributed by atoms with van der Waals surface area (Å²) in [4.78, 5) is 0.225. The van der Waals surface area contributed by atoms with E-state index in [-0.39, 0.29) is 23.0 Å². The fourth-order valence-corrected chi connectivity index (χ4v) is 4.50. The first-order valence-corrected chi connectivity index (χ1v) is 8.66. The van der Waals surface area contributed by atoms with E-state index in [1.165, 1.54) is 0 Å². The van der Waals surface area contributed by atoms with Crippen LogP contribution in [0.25, 0.3) is 0 Å². The first kappa shape index (κ1) is 15.8. The number of benzene rings is 1. The van der Waals surface area contributed by atoms with Gasteiger partial charge in [-0.3, -0.25) is 0 Å². The number of sulfonamides is 1. The van der Waals surface area contributed by atoms with Crippen molar-refractivity contribution in [1.29, 1.82) is 0 Å². The Kier molecular flexibility index (Phi) is 4.74. The van der Waals surface area contributed by atoms with E-state index in [2.05, 4.69) is 4.72 Å². The van der Waals surface area contributed by atoms with Gasteiger partial charge in [-0.15, -0.1) is 0 Å². The van der Waals surface area contributed by atoms with Crippen LogP contribution in [0.1, 0.15) is 31.7 Å². The van der Waals surface area contributed by atoms with E-state index in [9.17, 15) is 13.5 Å². The molecule has 20 heavy (non-hydrogen) atoms. The van der Waals surface area contributed by atoms with Crippen LogP contribution in [0, 0.1) is 12.8 Å². The van der Waals surface area contributed by atoms with Gasteiger partial charge in [0.1, 0.15) is 0 Å². The minimum Gasteiger partial charge on any atom is -0.393 e. The standard InChI is InChI=1S/C14H20ClNO3S/c1-3-13(10-7-11(17)8-10)16-20(18,19)14-6-4-5-12(15)9(14)2/h4-6,10-11,13,16-17H,3,7-8H2,1-2H3/t10?,11?,13-/m1/s1. The largest absolute Gasteiger partial charge is 0.393 e. The molecule has 112 valence electrons. The molecule has 1 fully saturated rings. The van der Waals surface area contributed by atoms with Gasteiger partial charge in [-0.2, -0.15) is 0 Å². The van der Waals surface area contributed by atoms with Crippen molar-refractivity contribution in [3.63, 3.8) is 0 Å². The second-order valence-electron chi connectivity index (χ2n) is 5.38. The Hall–Kier alpha value is -0.620. The number of hydrogen-bond donors (Lipinski definition) is 2. The van der Waals surface area contributed by atoms with Crippen molar-refractivity contribution < 1.29 is 13.5 Å². The van der Waals surface area contributed by atoms with Gasteiger partial charge in [0.15, 0.2) is 0 Å². The highest BCUT2D eigenvalue weighted by Crippen LogP contribution is 2.32. The molecule has 0 heterocycles. The molecule has 0 bridgehead atoms. The lowest BCUT2D eigenvalue weighted by Crippen LogP contribution is -2.46. The van der Waals surface area contributed by atoms with Gasteiger partial charge in [0.2, 0.25) is 10.0 Å². The Bertz CT molecular complexity index is 582. The predicted molar refractivity (Wildman–Crippen MR) is 79.3 cm³/mol. The Morgan fingerprint density at radius 2 is 2.10 bits per heavy atom. The number of hydrogen-bond acceptors (Lipinski definition) is 3. The first-order valence-electron chi connectivity index (χ1n) is 6.80. The van der Waals surface area contributed by atoms with Crippen LogP contribution in [-0.4, -0.2) is 25.7 Å². The number of aliphatic hydroxyl groups excluding tert-OH is 1. The van der Waals surface area contributed by atoms with Crippen molar-refractivity contribution >= 4 is 21.6 Å². The summed E-state index contributed by atoms with van der Waals surface area (Å²) < 4.78 is 27.7. The summed E-state index contributed by atoms with van der Waals surface area (Å²) in [5.41, 5.74) is 0.560. The Balaban J connectivity index is 2.20. The summed E-state index contributed by atoms with van der Waals surface area (Å²) in [6.07, 6.45) is 1.74. The van der Waals surface area contributed by atoms with E-state index < -0.39 is 10.0 Å². The summed E-state index contributed by atoms with van der Waals surface area (Å²) in [5, 5.41) is 9.81. The number of halogens is 1. The third-order valence-corrected chi connectivity index (χ3v) is 6.02. The number of aliphatic hydroxyl groups is 1. The van der Waals surface area contributed by atoms with Gasteiger partial charge in [-0.1, -0.05) is 24.6 Å². The Morgan fingerprint density at radius 1 is 1.45 bits per heavy atom. The topological polar surface area (TPSA) is 66.4 Å². The smallest absolute Gasteiger partial charge is 0.241 e. The number of nitrogens with one attached hydrogen (secondary N) is 1. The second-order valence-corrected chi connectivity index (χ2v) is 7.47. The van der Waals surface area contributed by atoms with Crippen LogP contribution in [0.2, 0.25) is 5.02 Å². The molecule has 2 N–H and O–H groups in total. The maximum atomic E-state index is 12.5. The molecule has 0 amide bonds. The summed E-state index contributed by atoms with van der Waals surface area (Å²) in [6, 6.07) is 4.74. The van der Waals surface area contributed by atoms with Crippen LogP contribution < -0.4 is 4.72 Å². The molecule has 1 saturated carbocycles. The minimum atomic E-state index is -3.58. The molecule has 1 aliphatic carbocycles. The summed E-state index contributed by atoms with van der Waals surface area (Å²) in [7, 11) is -3.58. The molecule has 0 aliphatic heterocycles. The van der Waals surface area contributed by atoms with Gasteiger partial charge in [0, 0.05) is 11.1 Å². The Labute approximate surface area is 125 Å². The van der Waals surface area contributed by atoms with Crippen LogP contribution >= 0.6 is 11.6 Å². The zero-order valence-electron chi connectivity index (χ0n) is 11.6. The third kappa shape index (κ3) is 3.17. The predicted octanol–water partition coefficient (Wildman–Crippen LogP) is 2.48. The third-order valence-electron chi connectivity index (χ3n) is 3.97. The zero-order chi connectivity index (χ0) is 14.9. The highest BCUT2D eigenvalue weighted by atomic mass is 35.5. The van der Waals surface area contributed by atoms with Gasteiger partial charge < -0.3 is 5.11 Å². The van der Waals surface area contributed by atoms with E-state index in [0.717, 1.165) is 0 Å². The molecule has 6 heteroatoms. The molecule has 2 rings (SSSR count). The molecule has 0 aromatic heterocycles. The SMILES string of the molecule is CC[C@@H](NS(=O)(=O)c1cccc(Cl)c1C)C1CC(O)C1. The lowest BCUT2D eigenvalue weighted by atomic mass is 9.77. The summed E-state index contributed by atoms with van der Waals surface area (Å²) >= 11 is 5.99. The molecule has 0 unspecified atom stereocenters. The lowest BCUT2D eigenvalue weighted by molar-refractivity contribution is 0.0277. The summed E-state index contributed by atoms with van der Waals surface area (Å²) in [5.74, 6) is 0.212. The van der Waals surface area contributed by atoms with Crippen molar-refractivity contribution in [3.05, 3.63) is 28.8 Å². The second kappa shape index (κ2) is 6.02. The van der Waals surface area contributed by atoms with Crippen LogP contribution in [0.3, 0.4) is 0 Å². The van der Waals surface area contributed by atoms with E-state index in [4.69, 9.17) is 11.6 Å². The maximum Gasteiger partial charge on any atom is 0.241 e. The molecular weight excluding hydrogens is 298 g/mol. The molecule has 4 nitrogen and oxygen atoms in total. The molecule has 0 radical (unpaired) electrons. The molecule has 0 spiro atoms. The van der Waals surface area contributed by atoms with E-state index in [1.54, 1.807) is 25.1 Å². The van der Waals surface area contributed by atoms with Crippen LogP contribution in [0.15, 0.2) is 23.1 Å². The van der Waals surface area contributed by atoms with Gasteiger partial charge in [-0.05, 0) is 49.8 Å². The monoisotopic (exact) mass is 317 g/mol. The minimum absolute atomic E-state index is 0.137. The molecular formula is C14H20ClNO3S. The van der Waals surface area contributed by atoms with Crippen molar-refractivity contribution in [1.82, 2.24) is 4.72 Å². The van der Waals surface area contributed by atoms with Crippen molar-refractivity contribution in [2.24, 2.45) is 5.92 Å². The van der Waals surface area contributed by atoms with E-state index in [1.807, 2.05) is 6.92 Å². The van der Waals surface area contributed by atoms with Crippen LogP contribution in [0.5, 0.6) is 0 Å². The maximum absolute atomic E-state index is 12.5. The molecule has 1 aliphatic rings. The van der Waals surface area contributed by atoms with Gasteiger partial charge in [0.25, 0.3) is 0 Å². The van der Waals surface area contributed by atoms with Crippen molar-refractivity contribution in [2.75, 3.05) is 0 Å². The van der Waals surface area contributed by atoms with E-state index in [0.29, 0.717) is 29.8 Å². The van der Waals surface area contributed by atoms with Crippen molar-refractivity contribution in [2.45, 2.75) is 50.2 Å².